The summed E-state index contributed by atoms with van der Waals surface area (Å²) in [6.45, 7) is 3.37. The van der Waals surface area contributed by atoms with E-state index >= 15 is 0 Å². The molecule has 1 saturated heterocycles. The van der Waals surface area contributed by atoms with E-state index in [-0.39, 0.29) is 12.8 Å². The lowest BCUT2D eigenvalue weighted by atomic mass is 10.1. The molecule has 154 valence electrons. The van der Waals surface area contributed by atoms with Crippen molar-refractivity contribution in [3.05, 3.63) is 42.0 Å². The summed E-state index contributed by atoms with van der Waals surface area (Å²) in [6.07, 6.45) is 3.31. The van der Waals surface area contributed by atoms with E-state index in [1.807, 2.05) is 24.3 Å². The SMILES string of the molecule is CC[C@H]1CCCN1c1nc2cc(C(=O)OC)ccc2nc1-c1ccc2c(c1)OCO2. The number of nitrogens with zero attached hydrogens (tertiary/aromatic N) is 3. The zero-order valence-corrected chi connectivity index (χ0v) is 17.1. The molecule has 0 bridgehead atoms. The lowest BCUT2D eigenvalue weighted by molar-refractivity contribution is 0.0601. The van der Waals surface area contributed by atoms with Gasteiger partial charge in [0.05, 0.1) is 23.7 Å². The van der Waals surface area contributed by atoms with Gasteiger partial charge in [0.15, 0.2) is 17.3 Å². The zero-order chi connectivity index (χ0) is 20.7. The third-order valence-electron chi connectivity index (χ3n) is 5.83. The van der Waals surface area contributed by atoms with E-state index in [0.717, 1.165) is 59.9 Å². The molecule has 1 atom stereocenters. The fraction of sp³-hybridized carbons (Fsp3) is 0.348. The van der Waals surface area contributed by atoms with E-state index in [1.165, 1.54) is 7.11 Å². The summed E-state index contributed by atoms with van der Waals surface area (Å²) >= 11 is 0. The van der Waals surface area contributed by atoms with Crippen LogP contribution in [-0.4, -0.2) is 42.4 Å². The maximum absolute atomic E-state index is 12.0. The fourth-order valence-electron chi connectivity index (χ4n) is 4.27. The van der Waals surface area contributed by atoms with Gasteiger partial charge in [-0.1, -0.05) is 6.92 Å². The quantitative estimate of drug-likeness (QED) is 0.603. The molecule has 2 aromatic carbocycles. The van der Waals surface area contributed by atoms with Crippen LogP contribution in [0.4, 0.5) is 5.82 Å². The standard InChI is InChI=1S/C23H23N3O4/c1-3-16-5-4-10-26(16)22-21(14-7-9-19-20(12-14)30-13-29-19)24-17-8-6-15(23(27)28-2)11-18(17)25-22/h6-9,11-12,16H,3-5,10,13H2,1-2H3/t16-/m0/s1. The molecule has 0 aliphatic carbocycles. The molecule has 0 N–H and O–H groups in total. The Kier molecular flexibility index (Phi) is 4.65. The second-order valence-electron chi connectivity index (χ2n) is 7.56. The van der Waals surface area contributed by atoms with Gasteiger partial charge in [-0.3, -0.25) is 0 Å². The molecule has 1 aromatic heterocycles. The summed E-state index contributed by atoms with van der Waals surface area (Å²) in [5.41, 5.74) is 3.62. The normalized spacial score (nSPS) is 17.5. The minimum Gasteiger partial charge on any atom is -0.465 e. The Morgan fingerprint density at radius 3 is 2.83 bits per heavy atom. The Bertz CT molecular complexity index is 1130. The number of anilines is 1. The first-order valence-corrected chi connectivity index (χ1v) is 10.2. The molecule has 2 aliphatic heterocycles. The first-order chi connectivity index (χ1) is 14.7. The number of carbonyl (C=O) groups is 1. The number of ether oxygens (including phenoxy) is 3. The van der Waals surface area contributed by atoms with Crippen molar-refractivity contribution in [1.82, 2.24) is 9.97 Å². The summed E-state index contributed by atoms with van der Waals surface area (Å²) in [5.74, 6) is 1.92. The van der Waals surface area contributed by atoms with Gasteiger partial charge in [0.1, 0.15) is 5.69 Å². The van der Waals surface area contributed by atoms with Crippen molar-refractivity contribution in [2.45, 2.75) is 32.2 Å². The van der Waals surface area contributed by atoms with Crippen molar-refractivity contribution in [3.63, 3.8) is 0 Å². The molecule has 2 aliphatic rings. The molecule has 0 saturated carbocycles. The van der Waals surface area contributed by atoms with Gasteiger partial charge in [0.25, 0.3) is 0 Å². The van der Waals surface area contributed by atoms with Crippen molar-refractivity contribution < 1.29 is 19.0 Å². The van der Waals surface area contributed by atoms with Crippen molar-refractivity contribution in [2.75, 3.05) is 25.3 Å². The first kappa shape index (κ1) is 18.7. The third kappa shape index (κ3) is 3.10. The highest BCUT2D eigenvalue weighted by Crippen LogP contribution is 2.40. The van der Waals surface area contributed by atoms with Crippen LogP contribution >= 0.6 is 0 Å². The fourth-order valence-corrected chi connectivity index (χ4v) is 4.27. The lowest BCUT2D eigenvalue weighted by Crippen LogP contribution is -2.30. The van der Waals surface area contributed by atoms with Crippen LogP contribution in [0, 0.1) is 0 Å². The molecule has 7 nitrogen and oxygen atoms in total. The minimum atomic E-state index is -0.382. The number of aromatic nitrogens is 2. The van der Waals surface area contributed by atoms with Crippen LogP contribution in [0.25, 0.3) is 22.3 Å². The first-order valence-electron chi connectivity index (χ1n) is 10.2. The molecular weight excluding hydrogens is 382 g/mol. The molecule has 3 heterocycles. The van der Waals surface area contributed by atoms with Crippen molar-refractivity contribution in [2.24, 2.45) is 0 Å². The van der Waals surface area contributed by atoms with Gasteiger partial charge in [0, 0.05) is 18.2 Å². The van der Waals surface area contributed by atoms with Crippen molar-refractivity contribution >= 4 is 22.8 Å². The molecule has 3 aromatic rings. The summed E-state index contributed by atoms with van der Waals surface area (Å²) < 4.78 is 15.9. The second kappa shape index (κ2) is 7.48. The summed E-state index contributed by atoms with van der Waals surface area (Å²) in [6, 6.07) is 11.6. The summed E-state index contributed by atoms with van der Waals surface area (Å²) in [5, 5.41) is 0. The maximum atomic E-state index is 12.0. The summed E-state index contributed by atoms with van der Waals surface area (Å²) in [7, 11) is 1.38. The molecular formula is C23H23N3O4. The van der Waals surface area contributed by atoms with Gasteiger partial charge >= 0.3 is 5.97 Å². The predicted molar refractivity (Wildman–Crippen MR) is 113 cm³/mol. The van der Waals surface area contributed by atoms with E-state index in [9.17, 15) is 4.79 Å². The largest absolute Gasteiger partial charge is 0.465 e. The van der Waals surface area contributed by atoms with Crippen LogP contribution in [0.5, 0.6) is 11.5 Å². The Morgan fingerprint density at radius 1 is 1.13 bits per heavy atom. The molecule has 0 spiro atoms. The number of fused-ring (bicyclic) bond motifs is 2. The Hall–Kier alpha value is -3.35. The van der Waals surface area contributed by atoms with Crippen LogP contribution in [-0.2, 0) is 4.74 Å². The maximum Gasteiger partial charge on any atom is 0.337 e. The molecule has 7 heteroatoms. The van der Waals surface area contributed by atoms with Crippen LogP contribution in [0.1, 0.15) is 36.5 Å². The zero-order valence-electron chi connectivity index (χ0n) is 17.1. The van der Waals surface area contributed by atoms with Gasteiger partial charge in [-0.25, -0.2) is 14.8 Å². The van der Waals surface area contributed by atoms with Crippen LogP contribution < -0.4 is 14.4 Å². The lowest BCUT2D eigenvalue weighted by Gasteiger charge is -2.27. The number of rotatable bonds is 4. The van der Waals surface area contributed by atoms with E-state index in [1.54, 1.807) is 12.1 Å². The average Bonchev–Trinajstić information content (AvgIpc) is 3.45. The van der Waals surface area contributed by atoms with Gasteiger partial charge in [0.2, 0.25) is 6.79 Å². The number of carbonyl (C=O) groups excluding carboxylic acids is 1. The van der Waals surface area contributed by atoms with E-state index in [0.29, 0.717) is 17.1 Å². The molecule has 1 fully saturated rings. The van der Waals surface area contributed by atoms with Gasteiger partial charge < -0.3 is 19.1 Å². The highest BCUT2D eigenvalue weighted by Gasteiger charge is 2.28. The monoisotopic (exact) mass is 405 g/mol. The number of benzene rings is 2. The van der Waals surface area contributed by atoms with Crippen molar-refractivity contribution in [3.8, 4) is 22.8 Å². The number of hydrogen-bond acceptors (Lipinski definition) is 7. The average molecular weight is 405 g/mol. The third-order valence-corrected chi connectivity index (χ3v) is 5.83. The molecule has 0 amide bonds. The molecule has 5 rings (SSSR count). The van der Waals surface area contributed by atoms with Crippen molar-refractivity contribution in [1.29, 1.82) is 0 Å². The number of hydrogen-bond donors (Lipinski definition) is 0. The molecule has 0 unspecified atom stereocenters. The Labute approximate surface area is 174 Å². The number of methoxy groups -OCH3 is 1. The second-order valence-corrected chi connectivity index (χ2v) is 7.56. The van der Waals surface area contributed by atoms with Crippen LogP contribution in [0.3, 0.4) is 0 Å². The van der Waals surface area contributed by atoms with E-state index in [4.69, 9.17) is 24.2 Å². The smallest absolute Gasteiger partial charge is 0.337 e. The van der Waals surface area contributed by atoms with Gasteiger partial charge in [-0.2, -0.15) is 0 Å². The Morgan fingerprint density at radius 2 is 2.00 bits per heavy atom. The highest BCUT2D eigenvalue weighted by atomic mass is 16.7. The topological polar surface area (TPSA) is 73.8 Å². The highest BCUT2D eigenvalue weighted by molar-refractivity contribution is 5.94. The van der Waals surface area contributed by atoms with E-state index in [2.05, 4.69) is 11.8 Å². The summed E-state index contributed by atoms with van der Waals surface area (Å²) in [4.78, 5) is 24.3. The van der Waals surface area contributed by atoms with Crippen LogP contribution in [0.2, 0.25) is 0 Å². The molecule has 30 heavy (non-hydrogen) atoms. The Balaban J connectivity index is 1.69. The number of esters is 1. The predicted octanol–water partition coefficient (Wildman–Crippen LogP) is 4.19. The van der Waals surface area contributed by atoms with Gasteiger partial charge in [-0.05, 0) is 55.7 Å². The minimum absolute atomic E-state index is 0.232. The van der Waals surface area contributed by atoms with Gasteiger partial charge in [-0.15, -0.1) is 0 Å². The molecule has 0 radical (unpaired) electrons. The van der Waals surface area contributed by atoms with Crippen LogP contribution in [0.15, 0.2) is 36.4 Å². The van der Waals surface area contributed by atoms with E-state index < -0.39 is 0 Å².